The van der Waals surface area contributed by atoms with Crippen LogP contribution in [0.1, 0.15) is 4.88 Å². The van der Waals surface area contributed by atoms with Crippen molar-refractivity contribution in [3.63, 3.8) is 0 Å². The van der Waals surface area contributed by atoms with Crippen LogP contribution in [0.25, 0.3) is 10.2 Å². The average Bonchev–Trinajstić information content (AvgIpc) is 2.94. The number of fused-ring (bicyclic) bond motifs is 1. The fraction of sp³-hybridized carbons (Fsp3) is 0.571. The molecule has 3 rings (SSSR count). The summed E-state index contributed by atoms with van der Waals surface area (Å²) in [6.07, 6.45) is 0. The fourth-order valence-corrected chi connectivity index (χ4v) is 3.65. The first kappa shape index (κ1) is 15.9. The lowest BCUT2D eigenvalue weighted by atomic mass is 10.3. The monoisotopic (exact) mass is 342 g/mol. The van der Waals surface area contributed by atoms with E-state index in [4.69, 9.17) is 21.1 Å². The molecule has 0 saturated carbocycles. The summed E-state index contributed by atoms with van der Waals surface area (Å²) in [5, 5.41) is 3.64. The van der Waals surface area contributed by atoms with Crippen LogP contribution in [0, 0.1) is 0 Å². The minimum atomic E-state index is 0.297. The molecule has 0 spiro atoms. The smallest absolute Gasteiger partial charge is 0.224 e. The van der Waals surface area contributed by atoms with Crippen molar-refractivity contribution in [3.05, 3.63) is 16.2 Å². The molecule has 1 aliphatic rings. The molecule has 0 atom stereocenters. The first-order valence-corrected chi connectivity index (χ1v) is 8.45. The predicted molar refractivity (Wildman–Crippen MR) is 89.0 cm³/mol. The second-order valence-electron chi connectivity index (χ2n) is 5.01. The van der Waals surface area contributed by atoms with Gasteiger partial charge in [-0.05, 0) is 17.7 Å². The van der Waals surface area contributed by atoms with Gasteiger partial charge in [-0.25, -0.2) is 4.98 Å². The van der Waals surface area contributed by atoms with Crippen molar-refractivity contribution >= 4 is 39.0 Å². The Morgan fingerprint density at radius 1 is 1.41 bits per heavy atom. The Morgan fingerprint density at radius 2 is 2.23 bits per heavy atom. The van der Waals surface area contributed by atoms with Gasteiger partial charge in [0.1, 0.15) is 0 Å². The molecule has 2 aromatic rings. The van der Waals surface area contributed by atoms with Gasteiger partial charge in [-0.2, -0.15) is 4.98 Å². The molecule has 8 heteroatoms. The van der Waals surface area contributed by atoms with E-state index in [0.717, 1.165) is 55.4 Å². The molecule has 0 amide bonds. The lowest BCUT2D eigenvalue weighted by Crippen LogP contribution is -2.36. The standard InChI is InChI=1S/C14H19ClN4O2S/c1-20-5-2-16-9-10-8-11-12(22-10)13(18-14(15)17-11)19-3-6-21-7-4-19/h8,16H,2-7,9H2,1H3. The number of morpholine rings is 1. The Labute approximate surface area is 138 Å². The summed E-state index contributed by atoms with van der Waals surface area (Å²) in [6.45, 7) is 5.44. The maximum Gasteiger partial charge on any atom is 0.224 e. The molecule has 0 unspecified atom stereocenters. The van der Waals surface area contributed by atoms with E-state index in [1.54, 1.807) is 18.4 Å². The van der Waals surface area contributed by atoms with Crippen LogP contribution in [0.3, 0.4) is 0 Å². The van der Waals surface area contributed by atoms with Crippen molar-refractivity contribution in [1.29, 1.82) is 0 Å². The van der Waals surface area contributed by atoms with Crippen LogP contribution in [0.15, 0.2) is 6.07 Å². The Balaban J connectivity index is 1.83. The van der Waals surface area contributed by atoms with Gasteiger partial charge in [0, 0.05) is 38.2 Å². The van der Waals surface area contributed by atoms with Crippen LogP contribution in [0.5, 0.6) is 0 Å². The van der Waals surface area contributed by atoms with Crippen molar-refractivity contribution in [3.8, 4) is 0 Å². The molecule has 6 nitrogen and oxygen atoms in total. The third kappa shape index (κ3) is 3.67. The molecule has 0 radical (unpaired) electrons. The normalized spacial score (nSPS) is 15.6. The summed E-state index contributed by atoms with van der Waals surface area (Å²) in [6, 6.07) is 2.08. The first-order chi connectivity index (χ1) is 10.8. The highest BCUT2D eigenvalue weighted by molar-refractivity contribution is 7.19. The number of rotatable bonds is 6. The molecule has 3 heterocycles. The minimum absolute atomic E-state index is 0.297. The molecule has 1 aliphatic heterocycles. The van der Waals surface area contributed by atoms with E-state index in [1.165, 1.54) is 4.88 Å². The fourth-order valence-electron chi connectivity index (χ4n) is 2.40. The number of anilines is 1. The number of aromatic nitrogens is 2. The van der Waals surface area contributed by atoms with E-state index in [-0.39, 0.29) is 0 Å². The molecule has 0 aliphatic carbocycles. The highest BCUT2D eigenvalue weighted by Crippen LogP contribution is 2.33. The largest absolute Gasteiger partial charge is 0.383 e. The van der Waals surface area contributed by atoms with Crippen LogP contribution in [0.2, 0.25) is 5.28 Å². The maximum absolute atomic E-state index is 6.09. The zero-order chi connectivity index (χ0) is 15.4. The van der Waals surface area contributed by atoms with Crippen LogP contribution in [-0.2, 0) is 16.0 Å². The van der Waals surface area contributed by atoms with Gasteiger partial charge in [0.25, 0.3) is 0 Å². The predicted octanol–water partition coefficient (Wildman–Crippen LogP) is 1.92. The van der Waals surface area contributed by atoms with E-state index in [0.29, 0.717) is 11.9 Å². The van der Waals surface area contributed by atoms with Gasteiger partial charge < -0.3 is 19.7 Å². The summed E-state index contributed by atoms with van der Waals surface area (Å²) >= 11 is 7.81. The molecule has 1 fully saturated rings. The summed E-state index contributed by atoms with van der Waals surface area (Å²) < 4.78 is 11.5. The van der Waals surface area contributed by atoms with E-state index in [2.05, 4.69) is 26.3 Å². The molecule has 1 N–H and O–H groups in total. The second-order valence-corrected chi connectivity index (χ2v) is 6.49. The zero-order valence-electron chi connectivity index (χ0n) is 12.5. The molecule has 0 aromatic carbocycles. The number of thiophene rings is 1. The quantitative estimate of drug-likeness (QED) is 0.639. The molecule has 2 aromatic heterocycles. The number of nitrogens with zero attached hydrogens (tertiary/aromatic N) is 3. The van der Waals surface area contributed by atoms with Crippen molar-refractivity contribution in [2.75, 3.05) is 51.5 Å². The molecule has 120 valence electrons. The average molecular weight is 343 g/mol. The number of nitrogens with one attached hydrogen (secondary N) is 1. The lowest BCUT2D eigenvalue weighted by molar-refractivity contribution is 0.122. The number of hydrogen-bond donors (Lipinski definition) is 1. The van der Waals surface area contributed by atoms with Crippen LogP contribution in [0.4, 0.5) is 5.82 Å². The molecule has 1 saturated heterocycles. The van der Waals surface area contributed by atoms with Crippen molar-refractivity contribution < 1.29 is 9.47 Å². The van der Waals surface area contributed by atoms with Gasteiger partial charge in [0.05, 0.1) is 30.0 Å². The number of hydrogen-bond acceptors (Lipinski definition) is 7. The zero-order valence-corrected chi connectivity index (χ0v) is 14.0. The van der Waals surface area contributed by atoms with Gasteiger partial charge in [-0.3, -0.25) is 0 Å². The van der Waals surface area contributed by atoms with Crippen LogP contribution >= 0.6 is 22.9 Å². The summed E-state index contributed by atoms with van der Waals surface area (Å²) in [7, 11) is 1.70. The third-order valence-corrected chi connectivity index (χ3v) is 4.76. The molecular weight excluding hydrogens is 324 g/mol. The van der Waals surface area contributed by atoms with Gasteiger partial charge in [0.2, 0.25) is 5.28 Å². The van der Waals surface area contributed by atoms with E-state index >= 15 is 0 Å². The van der Waals surface area contributed by atoms with Gasteiger partial charge >= 0.3 is 0 Å². The third-order valence-electron chi connectivity index (χ3n) is 3.47. The SMILES string of the molecule is COCCNCc1cc2nc(Cl)nc(N3CCOCC3)c2s1. The van der Waals surface area contributed by atoms with Gasteiger partial charge in [-0.1, -0.05) is 0 Å². The highest BCUT2D eigenvalue weighted by Gasteiger charge is 2.19. The Kier molecular flexibility index (Phi) is 5.43. The summed E-state index contributed by atoms with van der Waals surface area (Å²) in [5.74, 6) is 0.923. The topological polar surface area (TPSA) is 59.5 Å². The van der Waals surface area contributed by atoms with Crippen molar-refractivity contribution in [1.82, 2.24) is 15.3 Å². The van der Waals surface area contributed by atoms with Crippen molar-refractivity contribution in [2.45, 2.75) is 6.54 Å². The molecule has 0 bridgehead atoms. The number of halogens is 1. The van der Waals surface area contributed by atoms with E-state index in [1.807, 2.05) is 0 Å². The maximum atomic E-state index is 6.09. The molecule has 22 heavy (non-hydrogen) atoms. The van der Waals surface area contributed by atoms with Crippen molar-refractivity contribution in [2.24, 2.45) is 0 Å². The lowest BCUT2D eigenvalue weighted by Gasteiger charge is -2.28. The van der Waals surface area contributed by atoms with Crippen LogP contribution in [-0.4, -0.2) is 56.5 Å². The Morgan fingerprint density at radius 3 is 3.00 bits per heavy atom. The van der Waals surface area contributed by atoms with Gasteiger partial charge in [-0.15, -0.1) is 11.3 Å². The van der Waals surface area contributed by atoms with E-state index in [9.17, 15) is 0 Å². The van der Waals surface area contributed by atoms with Crippen LogP contribution < -0.4 is 10.2 Å². The first-order valence-electron chi connectivity index (χ1n) is 7.26. The minimum Gasteiger partial charge on any atom is -0.383 e. The number of methoxy groups -OCH3 is 1. The number of ether oxygens (including phenoxy) is 2. The van der Waals surface area contributed by atoms with E-state index < -0.39 is 0 Å². The second kappa shape index (κ2) is 7.52. The Hall–Kier alpha value is -0.990. The Bertz CT molecular complexity index is 631. The van der Waals surface area contributed by atoms with Gasteiger partial charge in [0.15, 0.2) is 5.82 Å². The molecular formula is C14H19ClN4O2S. The highest BCUT2D eigenvalue weighted by atomic mass is 35.5. The summed E-state index contributed by atoms with van der Waals surface area (Å²) in [4.78, 5) is 12.2. The summed E-state index contributed by atoms with van der Waals surface area (Å²) in [5.41, 5.74) is 0.912.